The van der Waals surface area contributed by atoms with E-state index in [1.165, 1.54) is 0 Å². The van der Waals surface area contributed by atoms with Gasteiger partial charge in [-0.25, -0.2) is 0 Å². The summed E-state index contributed by atoms with van der Waals surface area (Å²) in [5.41, 5.74) is 1.92. The lowest BCUT2D eigenvalue weighted by Crippen LogP contribution is -2.25. The smallest absolute Gasteiger partial charge is 0.232 e. The Bertz CT molecular complexity index is 865. The number of nitrogens with zero attached hydrogens (tertiary/aromatic N) is 5. The minimum atomic E-state index is -0.0452. The number of amides is 1. The Balaban J connectivity index is 1.67. The third-order valence-electron chi connectivity index (χ3n) is 4.58. The minimum absolute atomic E-state index is 0.0452. The molecule has 1 aliphatic heterocycles. The van der Waals surface area contributed by atoms with Crippen LogP contribution in [0.2, 0.25) is 0 Å². The van der Waals surface area contributed by atoms with Gasteiger partial charge in [-0.2, -0.15) is 4.98 Å². The summed E-state index contributed by atoms with van der Waals surface area (Å²) >= 11 is 0. The van der Waals surface area contributed by atoms with Crippen molar-refractivity contribution in [3.63, 3.8) is 0 Å². The Morgan fingerprint density at radius 3 is 2.64 bits per heavy atom. The lowest BCUT2D eigenvalue weighted by molar-refractivity contribution is -0.127. The van der Waals surface area contributed by atoms with Crippen LogP contribution in [0.15, 0.2) is 53.6 Å². The number of hydrogen-bond acceptors (Lipinski definition) is 6. The van der Waals surface area contributed by atoms with E-state index in [4.69, 9.17) is 4.52 Å². The highest BCUT2D eigenvalue weighted by atomic mass is 16.5. The topological polar surface area (TPSA) is 85.0 Å². The number of pyridine rings is 2. The fourth-order valence-electron chi connectivity index (χ4n) is 3.25. The second-order valence-corrected chi connectivity index (χ2v) is 6.12. The summed E-state index contributed by atoms with van der Waals surface area (Å²) in [6.45, 7) is 2.77. The minimum Gasteiger partial charge on any atom is -0.341 e. The quantitative estimate of drug-likeness (QED) is 0.730. The Morgan fingerprint density at radius 1 is 1.12 bits per heavy atom. The molecule has 4 rings (SSSR count). The molecule has 2 atom stereocenters. The molecule has 3 aromatic heterocycles. The van der Waals surface area contributed by atoms with Crippen LogP contribution in [-0.4, -0.2) is 44.0 Å². The van der Waals surface area contributed by atoms with Gasteiger partial charge in [-0.3, -0.25) is 14.8 Å². The number of likely N-dealkylation sites (tertiary alicyclic amines) is 1. The molecule has 126 valence electrons. The first-order chi connectivity index (χ1) is 12.2. The van der Waals surface area contributed by atoms with Gasteiger partial charge >= 0.3 is 0 Å². The Labute approximate surface area is 144 Å². The SMILES string of the molecule is CC(=O)N1C[C@@H](c2cccnc2)[C@H](c2nc(-c3ccncc3)no2)C1. The van der Waals surface area contributed by atoms with Crippen molar-refractivity contribution in [2.45, 2.75) is 18.8 Å². The Kier molecular flexibility index (Phi) is 3.97. The van der Waals surface area contributed by atoms with Gasteiger partial charge in [0, 0.05) is 56.3 Å². The molecule has 0 unspecified atom stereocenters. The maximum Gasteiger partial charge on any atom is 0.232 e. The predicted octanol–water partition coefficient (Wildman–Crippen LogP) is 2.26. The largest absolute Gasteiger partial charge is 0.341 e. The molecule has 1 fully saturated rings. The first kappa shape index (κ1) is 15.4. The van der Waals surface area contributed by atoms with Gasteiger partial charge in [0.25, 0.3) is 0 Å². The number of aromatic nitrogens is 4. The van der Waals surface area contributed by atoms with E-state index in [9.17, 15) is 4.79 Å². The highest BCUT2D eigenvalue weighted by Crippen LogP contribution is 2.39. The van der Waals surface area contributed by atoms with Crippen LogP contribution in [0.25, 0.3) is 11.4 Å². The van der Waals surface area contributed by atoms with Crippen LogP contribution in [-0.2, 0) is 4.79 Å². The van der Waals surface area contributed by atoms with Crippen molar-refractivity contribution in [2.75, 3.05) is 13.1 Å². The third-order valence-corrected chi connectivity index (χ3v) is 4.58. The number of hydrogen-bond donors (Lipinski definition) is 0. The summed E-state index contributed by atoms with van der Waals surface area (Å²) in [6.07, 6.45) is 6.96. The molecule has 0 bridgehead atoms. The van der Waals surface area contributed by atoms with Crippen LogP contribution in [0.4, 0.5) is 0 Å². The van der Waals surface area contributed by atoms with Crippen molar-refractivity contribution >= 4 is 5.91 Å². The average Bonchev–Trinajstić information content (AvgIpc) is 3.30. The van der Waals surface area contributed by atoms with Gasteiger partial charge < -0.3 is 9.42 Å². The summed E-state index contributed by atoms with van der Waals surface area (Å²) in [7, 11) is 0. The van der Waals surface area contributed by atoms with Crippen molar-refractivity contribution in [3.05, 3.63) is 60.5 Å². The first-order valence-electron chi connectivity index (χ1n) is 8.12. The van der Waals surface area contributed by atoms with Crippen LogP contribution >= 0.6 is 0 Å². The molecular formula is C18H17N5O2. The molecule has 0 radical (unpaired) electrons. The van der Waals surface area contributed by atoms with E-state index < -0.39 is 0 Å². The van der Waals surface area contributed by atoms with E-state index in [0.717, 1.165) is 11.1 Å². The first-order valence-corrected chi connectivity index (χ1v) is 8.12. The summed E-state index contributed by atoms with van der Waals surface area (Å²) in [5, 5.41) is 4.10. The van der Waals surface area contributed by atoms with E-state index in [2.05, 4.69) is 20.1 Å². The van der Waals surface area contributed by atoms with Crippen molar-refractivity contribution in [3.8, 4) is 11.4 Å². The van der Waals surface area contributed by atoms with Crippen LogP contribution in [0.3, 0.4) is 0 Å². The van der Waals surface area contributed by atoms with Crippen LogP contribution < -0.4 is 0 Å². The molecule has 7 nitrogen and oxygen atoms in total. The molecule has 1 saturated heterocycles. The van der Waals surface area contributed by atoms with Crippen LogP contribution in [0, 0.1) is 0 Å². The number of rotatable bonds is 3. The monoisotopic (exact) mass is 335 g/mol. The molecule has 0 spiro atoms. The molecular weight excluding hydrogens is 318 g/mol. The molecule has 3 aromatic rings. The third kappa shape index (κ3) is 3.00. The molecule has 7 heteroatoms. The number of carbonyl (C=O) groups is 1. The maximum atomic E-state index is 11.9. The Hall–Kier alpha value is -3.09. The molecule has 0 aliphatic carbocycles. The second-order valence-electron chi connectivity index (χ2n) is 6.12. The standard InChI is InChI=1S/C18H17N5O2/c1-12(24)23-10-15(14-3-2-6-20-9-14)16(11-23)18-21-17(22-25-18)13-4-7-19-8-5-13/h2-9,15-16H,10-11H2,1H3/t15-,16+/m0/s1. The number of carbonyl (C=O) groups excluding carboxylic acids is 1. The summed E-state index contributed by atoms with van der Waals surface area (Å²) in [6, 6.07) is 7.60. The fourth-order valence-corrected chi connectivity index (χ4v) is 3.25. The fraction of sp³-hybridized carbons (Fsp3) is 0.278. The van der Waals surface area contributed by atoms with Crippen molar-refractivity contribution in [1.82, 2.24) is 25.0 Å². The zero-order valence-electron chi connectivity index (χ0n) is 13.7. The van der Waals surface area contributed by atoms with Gasteiger partial charge in [0.2, 0.25) is 17.6 Å². The van der Waals surface area contributed by atoms with E-state index in [0.29, 0.717) is 24.8 Å². The van der Waals surface area contributed by atoms with Crippen LogP contribution in [0.1, 0.15) is 30.2 Å². The van der Waals surface area contributed by atoms with Crippen LogP contribution in [0.5, 0.6) is 0 Å². The molecule has 4 heterocycles. The van der Waals surface area contributed by atoms with Crippen molar-refractivity contribution in [2.24, 2.45) is 0 Å². The molecule has 1 amide bonds. The lowest BCUT2D eigenvalue weighted by Gasteiger charge is -2.14. The maximum absolute atomic E-state index is 11.9. The lowest BCUT2D eigenvalue weighted by atomic mass is 9.90. The highest BCUT2D eigenvalue weighted by molar-refractivity contribution is 5.74. The molecule has 25 heavy (non-hydrogen) atoms. The van der Waals surface area contributed by atoms with Crippen molar-refractivity contribution < 1.29 is 9.32 Å². The average molecular weight is 335 g/mol. The summed E-state index contributed by atoms with van der Waals surface area (Å²) in [5.74, 6) is 1.16. The second kappa shape index (κ2) is 6.43. The van der Waals surface area contributed by atoms with Gasteiger partial charge in [0.15, 0.2) is 0 Å². The highest BCUT2D eigenvalue weighted by Gasteiger charge is 2.39. The zero-order valence-corrected chi connectivity index (χ0v) is 13.7. The van der Waals surface area contributed by atoms with E-state index in [1.54, 1.807) is 25.5 Å². The normalized spacial score (nSPS) is 20.0. The summed E-state index contributed by atoms with van der Waals surface area (Å²) in [4.78, 5) is 26.5. The van der Waals surface area contributed by atoms with E-state index in [1.807, 2.05) is 35.4 Å². The zero-order chi connectivity index (χ0) is 17.2. The molecule has 1 aliphatic rings. The molecule has 0 aromatic carbocycles. The Morgan fingerprint density at radius 2 is 1.92 bits per heavy atom. The molecule has 0 saturated carbocycles. The van der Waals surface area contributed by atoms with Gasteiger partial charge in [-0.05, 0) is 23.8 Å². The van der Waals surface area contributed by atoms with Gasteiger partial charge in [0.1, 0.15) is 0 Å². The summed E-state index contributed by atoms with van der Waals surface area (Å²) < 4.78 is 5.54. The van der Waals surface area contributed by atoms with Gasteiger partial charge in [-0.15, -0.1) is 0 Å². The predicted molar refractivity (Wildman–Crippen MR) is 89.5 cm³/mol. The van der Waals surface area contributed by atoms with E-state index in [-0.39, 0.29) is 17.7 Å². The van der Waals surface area contributed by atoms with Gasteiger partial charge in [-0.1, -0.05) is 11.2 Å². The van der Waals surface area contributed by atoms with Crippen molar-refractivity contribution in [1.29, 1.82) is 0 Å². The molecule has 0 N–H and O–H groups in total. The van der Waals surface area contributed by atoms with E-state index >= 15 is 0 Å². The van der Waals surface area contributed by atoms with Gasteiger partial charge in [0.05, 0.1) is 5.92 Å².